The molecule has 0 saturated carbocycles. The van der Waals surface area contributed by atoms with Gasteiger partial charge in [-0.1, -0.05) is 29.8 Å². The van der Waals surface area contributed by atoms with Crippen LogP contribution in [0.4, 0.5) is 5.88 Å². The van der Waals surface area contributed by atoms with E-state index in [1.54, 1.807) is 12.1 Å². The van der Waals surface area contributed by atoms with E-state index < -0.39 is 7.37 Å². The second-order valence-corrected chi connectivity index (χ2v) is 9.74. The predicted octanol–water partition coefficient (Wildman–Crippen LogP) is 5.25. The van der Waals surface area contributed by atoms with Crippen molar-refractivity contribution in [1.29, 1.82) is 0 Å². The highest BCUT2D eigenvalue weighted by Gasteiger charge is 2.38. The molecule has 0 amide bonds. The molecule has 0 aliphatic carbocycles. The first kappa shape index (κ1) is 20.2. The molecule has 29 heavy (non-hydrogen) atoms. The smallest absolute Gasteiger partial charge is 0.284 e. The van der Waals surface area contributed by atoms with Gasteiger partial charge >= 0.3 is 0 Å². The van der Waals surface area contributed by atoms with Crippen LogP contribution in [0.2, 0.25) is 5.02 Å². The molecule has 7 heteroatoms. The zero-order valence-electron chi connectivity index (χ0n) is 16.4. The molecule has 2 aromatic carbocycles. The van der Waals surface area contributed by atoms with Crippen molar-refractivity contribution in [2.75, 3.05) is 24.6 Å². The van der Waals surface area contributed by atoms with E-state index in [2.05, 4.69) is 4.90 Å². The van der Waals surface area contributed by atoms with Crippen LogP contribution in [0.25, 0.3) is 11.5 Å². The van der Waals surface area contributed by atoms with Gasteiger partial charge in [0.2, 0.25) is 11.8 Å². The van der Waals surface area contributed by atoms with Gasteiger partial charge in [-0.25, -0.2) is 4.98 Å². The Labute approximate surface area is 176 Å². The third-order valence-corrected chi connectivity index (χ3v) is 7.71. The molecule has 5 nitrogen and oxygen atoms in total. The topological polar surface area (TPSA) is 55.6 Å². The largest absolute Gasteiger partial charge is 0.420 e. The lowest BCUT2D eigenvalue weighted by Crippen LogP contribution is -2.34. The Hall–Kier alpha value is -2.07. The van der Waals surface area contributed by atoms with Gasteiger partial charge in [-0.15, -0.1) is 0 Å². The van der Waals surface area contributed by atoms with E-state index in [1.807, 2.05) is 49.4 Å². The summed E-state index contributed by atoms with van der Waals surface area (Å²) < 4.78 is 26.3. The van der Waals surface area contributed by atoms with Crippen molar-refractivity contribution in [3.05, 3.63) is 59.6 Å². The highest BCUT2D eigenvalue weighted by molar-refractivity contribution is 7.74. The lowest BCUT2D eigenvalue weighted by Gasteiger charge is -2.28. The minimum absolute atomic E-state index is 0.314. The Morgan fingerprint density at radius 3 is 2.41 bits per heavy atom. The van der Waals surface area contributed by atoms with E-state index in [9.17, 15) is 4.57 Å². The summed E-state index contributed by atoms with van der Waals surface area (Å²) in [5.74, 6) is 0.975. The van der Waals surface area contributed by atoms with E-state index in [0.717, 1.165) is 31.5 Å². The quantitative estimate of drug-likeness (QED) is 0.500. The maximum Gasteiger partial charge on any atom is 0.284 e. The van der Waals surface area contributed by atoms with Crippen LogP contribution < -0.4 is 15.6 Å². The molecule has 1 aliphatic rings. The highest BCUT2D eigenvalue weighted by atomic mass is 35.5. The third-order valence-electron chi connectivity index (χ3n) is 5.01. The van der Waals surface area contributed by atoms with Gasteiger partial charge in [0.1, 0.15) is 0 Å². The Balaban J connectivity index is 1.87. The number of aromatic nitrogens is 1. The standard InChI is InChI=1S/C22H24ClN2O3P/c1-2-27-29(26,19-9-5-3-6-10-19)21-22(25-15-7-4-8-16-25)28-20(24-21)17-11-13-18(23)14-12-17/h3,5-6,9-14H,2,4,7-8,15-16H2,1H3. The lowest BCUT2D eigenvalue weighted by atomic mass is 10.1. The fourth-order valence-electron chi connectivity index (χ4n) is 3.58. The van der Waals surface area contributed by atoms with E-state index >= 15 is 0 Å². The lowest BCUT2D eigenvalue weighted by molar-refractivity contribution is 0.347. The number of rotatable bonds is 6. The van der Waals surface area contributed by atoms with Gasteiger partial charge in [-0.3, -0.25) is 4.57 Å². The van der Waals surface area contributed by atoms with Crippen molar-refractivity contribution in [3.8, 4) is 11.5 Å². The van der Waals surface area contributed by atoms with Crippen molar-refractivity contribution in [3.63, 3.8) is 0 Å². The van der Waals surface area contributed by atoms with E-state index in [1.165, 1.54) is 6.42 Å². The summed E-state index contributed by atoms with van der Waals surface area (Å²) in [5, 5.41) is 1.26. The van der Waals surface area contributed by atoms with Crippen LogP contribution in [-0.2, 0) is 9.09 Å². The molecular weight excluding hydrogens is 407 g/mol. The van der Waals surface area contributed by atoms with Gasteiger partial charge in [0, 0.05) is 29.0 Å². The molecule has 1 atom stereocenters. The van der Waals surface area contributed by atoms with Crippen molar-refractivity contribution in [1.82, 2.24) is 4.98 Å². The highest BCUT2D eigenvalue weighted by Crippen LogP contribution is 2.48. The zero-order chi connectivity index (χ0) is 20.3. The predicted molar refractivity (Wildman–Crippen MR) is 118 cm³/mol. The Kier molecular flexibility index (Phi) is 6.09. The Bertz CT molecular complexity index is 999. The van der Waals surface area contributed by atoms with Crippen LogP contribution in [0.1, 0.15) is 26.2 Å². The molecule has 3 aromatic rings. The zero-order valence-corrected chi connectivity index (χ0v) is 18.0. The number of benzene rings is 2. The Morgan fingerprint density at radius 1 is 1.07 bits per heavy atom. The number of anilines is 1. The summed E-state index contributed by atoms with van der Waals surface area (Å²) in [6.45, 7) is 3.86. The molecule has 0 N–H and O–H groups in total. The average molecular weight is 431 g/mol. The maximum atomic E-state index is 14.2. The third kappa shape index (κ3) is 4.13. The normalized spacial score (nSPS) is 16.6. The molecule has 1 saturated heterocycles. The SMILES string of the molecule is CCOP(=O)(c1ccccc1)c1nc(-c2ccc(Cl)cc2)oc1N1CCCCC1. The van der Waals surface area contributed by atoms with Crippen LogP contribution >= 0.6 is 19.0 Å². The van der Waals surface area contributed by atoms with Gasteiger partial charge in [-0.05, 0) is 62.6 Å². The van der Waals surface area contributed by atoms with Gasteiger partial charge in [-0.2, -0.15) is 0 Å². The Morgan fingerprint density at radius 2 is 1.76 bits per heavy atom. The van der Waals surface area contributed by atoms with Gasteiger partial charge in [0.05, 0.1) is 6.61 Å². The van der Waals surface area contributed by atoms with Gasteiger partial charge in [0.15, 0.2) is 5.44 Å². The van der Waals surface area contributed by atoms with Crippen LogP contribution in [0, 0.1) is 0 Å². The second-order valence-electron chi connectivity index (χ2n) is 7.01. The van der Waals surface area contributed by atoms with Crippen molar-refractivity contribution >= 4 is 35.6 Å². The fourth-order valence-corrected chi connectivity index (χ4v) is 5.81. The van der Waals surface area contributed by atoms with Gasteiger partial charge < -0.3 is 13.8 Å². The molecule has 2 heterocycles. The van der Waals surface area contributed by atoms with Crippen LogP contribution in [0.15, 0.2) is 59.0 Å². The molecule has 0 spiro atoms. The molecule has 0 radical (unpaired) electrons. The number of hydrogen-bond donors (Lipinski definition) is 0. The van der Waals surface area contributed by atoms with Crippen molar-refractivity contribution in [2.24, 2.45) is 0 Å². The number of oxazole rings is 1. The van der Waals surface area contributed by atoms with Crippen molar-refractivity contribution in [2.45, 2.75) is 26.2 Å². The first-order valence-electron chi connectivity index (χ1n) is 9.94. The molecule has 1 fully saturated rings. The minimum Gasteiger partial charge on any atom is -0.420 e. The second kappa shape index (κ2) is 8.74. The minimum atomic E-state index is -3.41. The first-order valence-corrected chi connectivity index (χ1v) is 11.9. The maximum absolute atomic E-state index is 14.2. The summed E-state index contributed by atoms with van der Waals surface area (Å²) in [6.07, 6.45) is 3.33. The molecule has 0 bridgehead atoms. The molecule has 4 rings (SSSR count). The molecular formula is C22H24ClN2O3P. The summed E-state index contributed by atoms with van der Waals surface area (Å²) in [7, 11) is -3.41. The van der Waals surface area contributed by atoms with Gasteiger partial charge in [0.25, 0.3) is 7.37 Å². The summed E-state index contributed by atoms with van der Waals surface area (Å²) in [4.78, 5) is 6.85. The summed E-state index contributed by atoms with van der Waals surface area (Å²) >= 11 is 6.03. The summed E-state index contributed by atoms with van der Waals surface area (Å²) in [5.41, 5.74) is 1.17. The van der Waals surface area contributed by atoms with E-state index in [-0.39, 0.29) is 0 Å². The molecule has 1 unspecified atom stereocenters. The summed E-state index contributed by atoms with van der Waals surface area (Å²) in [6, 6.07) is 16.6. The first-order chi connectivity index (χ1) is 14.1. The van der Waals surface area contributed by atoms with Crippen LogP contribution in [0.5, 0.6) is 0 Å². The fraction of sp³-hybridized carbons (Fsp3) is 0.318. The van der Waals surface area contributed by atoms with Crippen LogP contribution in [0.3, 0.4) is 0 Å². The number of halogens is 1. The number of nitrogens with zero attached hydrogens (tertiary/aromatic N) is 2. The average Bonchev–Trinajstić information content (AvgIpc) is 3.22. The number of hydrogen-bond acceptors (Lipinski definition) is 5. The number of piperidine rings is 1. The molecule has 1 aromatic heterocycles. The monoisotopic (exact) mass is 430 g/mol. The van der Waals surface area contributed by atoms with Crippen LogP contribution in [-0.4, -0.2) is 24.7 Å². The molecule has 1 aliphatic heterocycles. The van der Waals surface area contributed by atoms with E-state index in [0.29, 0.717) is 34.1 Å². The molecule has 152 valence electrons. The van der Waals surface area contributed by atoms with E-state index in [4.69, 9.17) is 25.5 Å². The van der Waals surface area contributed by atoms with Crippen molar-refractivity contribution < 1.29 is 13.5 Å².